The van der Waals surface area contributed by atoms with Gasteiger partial charge in [-0.25, -0.2) is 4.31 Å². The molecule has 0 radical (unpaired) electrons. The molecule has 16 heavy (non-hydrogen) atoms. The van der Waals surface area contributed by atoms with Crippen molar-refractivity contribution in [3.05, 3.63) is 0 Å². The van der Waals surface area contributed by atoms with Gasteiger partial charge in [-0.2, -0.15) is 8.76 Å². The van der Waals surface area contributed by atoms with Crippen LogP contribution >= 0.6 is 11.6 Å². The predicted octanol–water partition coefficient (Wildman–Crippen LogP) is 1.92. The zero-order valence-corrected chi connectivity index (χ0v) is 11.8. The second kappa shape index (κ2) is 5.75. The molecule has 0 saturated heterocycles. The molecule has 0 aromatic rings. The van der Waals surface area contributed by atoms with Crippen LogP contribution in [0.15, 0.2) is 13.8 Å². The fourth-order valence-corrected chi connectivity index (χ4v) is 3.20. The Labute approximate surface area is 104 Å². The molecule has 1 aliphatic rings. The van der Waals surface area contributed by atoms with Crippen LogP contribution in [0.3, 0.4) is 0 Å². The predicted molar refractivity (Wildman–Crippen MR) is 71.7 cm³/mol. The van der Waals surface area contributed by atoms with Gasteiger partial charge in [0.1, 0.15) is 11.1 Å². The lowest BCUT2D eigenvalue weighted by atomic mass is 10.3. The Kier molecular flexibility index (Phi) is 4.89. The van der Waals surface area contributed by atoms with Crippen molar-refractivity contribution in [3.63, 3.8) is 0 Å². The number of hydrogen-bond donors (Lipinski definition) is 1. The maximum Gasteiger partial charge on any atom is 0.233 e. The molecule has 1 unspecified atom stereocenters. The van der Waals surface area contributed by atoms with Crippen molar-refractivity contribution in [1.82, 2.24) is 9.62 Å². The molecule has 1 aliphatic heterocycles. The van der Waals surface area contributed by atoms with E-state index in [9.17, 15) is 0 Å². The van der Waals surface area contributed by atoms with Crippen LogP contribution in [0.4, 0.5) is 0 Å². The molecule has 1 atom stereocenters. The molecule has 0 spiro atoms. The van der Waals surface area contributed by atoms with E-state index < -0.39 is 11.1 Å². The van der Waals surface area contributed by atoms with E-state index in [0.717, 1.165) is 0 Å². The summed E-state index contributed by atoms with van der Waals surface area (Å²) >= 11 is 5.34. The summed E-state index contributed by atoms with van der Waals surface area (Å²) < 4.78 is 10.9. The van der Waals surface area contributed by atoms with E-state index in [1.165, 1.54) is 0 Å². The highest BCUT2D eigenvalue weighted by Crippen LogP contribution is 2.14. The van der Waals surface area contributed by atoms with Crippen LogP contribution in [-0.4, -0.2) is 34.7 Å². The molecule has 0 bridgehead atoms. The number of halogens is 1. The number of hydrogen-bond acceptors (Lipinski definition) is 3. The lowest BCUT2D eigenvalue weighted by molar-refractivity contribution is 0.331. The average Bonchev–Trinajstić information content (AvgIpc) is 2.15. The Balaban J connectivity index is 3.05. The van der Waals surface area contributed by atoms with Gasteiger partial charge < -0.3 is 0 Å². The largest absolute Gasteiger partial charge is 0.298 e. The highest BCUT2D eigenvalue weighted by atomic mass is 35.5. The molecule has 1 rings (SSSR count). The van der Waals surface area contributed by atoms with Crippen LogP contribution in [0.1, 0.15) is 27.7 Å². The van der Waals surface area contributed by atoms with Gasteiger partial charge >= 0.3 is 0 Å². The fraction of sp³-hybridized carbons (Fsp3) is 0.778. The van der Waals surface area contributed by atoms with Crippen LogP contribution in [0, 0.1) is 0 Å². The van der Waals surface area contributed by atoms with Gasteiger partial charge in [0.2, 0.25) is 11.3 Å². The smallest absolute Gasteiger partial charge is 0.233 e. The first-order valence-electron chi connectivity index (χ1n) is 5.18. The van der Waals surface area contributed by atoms with Gasteiger partial charge in [0.15, 0.2) is 0 Å². The van der Waals surface area contributed by atoms with Crippen molar-refractivity contribution in [2.24, 2.45) is 13.8 Å². The topological polar surface area (TPSA) is 52.4 Å². The van der Waals surface area contributed by atoms with Gasteiger partial charge in [-0.3, -0.25) is 10.3 Å². The van der Waals surface area contributed by atoms with Gasteiger partial charge in [-0.1, -0.05) is 0 Å². The Morgan fingerprint density at radius 1 is 1.31 bits per heavy atom. The molecule has 0 aliphatic carbocycles. The van der Waals surface area contributed by atoms with Crippen molar-refractivity contribution < 1.29 is 0 Å². The third-order valence-corrected chi connectivity index (χ3v) is 4.14. The number of guanidine groups is 1. The third kappa shape index (κ3) is 3.26. The summed E-state index contributed by atoms with van der Waals surface area (Å²) in [5, 5.41) is 3.16. The van der Waals surface area contributed by atoms with E-state index in [4.69, 9.17) is 11.6 Å². The van der Waals surface area contributed by atoms with Crippen molar-refractivity contribution in [1.29, 1.82) is 0 Å². The summed E-state index contributed by atoms with van der Waals surface area (Å²) in [6, 6.07) is 0.716. The minimum Gasteiger partial charge on any atom is -0.298 e. The summed E-state index contributed by atoms with van der Waals surface area (Å²) in [6.07, 6.45) is 0. The Morgan fingerprint density at radius 2 is 1.88 bits per heavy atom. The molecular weight excluding hydrogens is 246 g/mol. The number of aliphatic imine (C=N–C) groups is 1. The van der Waals surface area contributed by atoms with E-state index in [-0.39, 0.29) is 0 Å². The van der Waals surface area contributed by atoms with Gasteiger partial charge in [-0.05, 0) is 39.3 Å². The first-order chi connectivity index (χ1) is 7.45. The zero-order chi connectivity index (χ0) is 12.3. The van der Waals surface area contributed by atoms with Crippen LogP contribution in [0.5, 0.6) is 0 Å². The number of nitrogens with one attached hydrogen (secondary N) is 1. The molecule has 7 heteroatoms. The lowest BCUT2D eigenvalue weighted by Gasteiger charge is -2.30. The maximum atomic E-state index is 5.92. The molecule has 0 amide bonds. The zero-order valence-electron chi connectivity index (χ0n) is 10.2. The molecule has 92 valence electrons. The second-order valence-electron chi connectivity index (χ2n) is 3.94. The van der Waals surface area contributed by atoms with E-state index in [0.29, 0.717) is 23.3 Å². The van der Waals surface area contributed by atoms with Gasteiger partial charge in [-0.15, -0.1) is 0 Å². The SMILES string of the molecule is CN=C1N=S(N(C(C)C)C(C)C)N=C(Cl)N1. The number of rotatable bonds is 3. The average molecular weight is 264 g/mol. The van der Waals surface area contributed by atoms with Crippen LogP contribution in [-0.2, 0) is 11.1 Å². The summed E-state index contributed by atoms with van der Waals surface area (Å²) in [5.41, 5.74) is 0. The standard InChI is InChI=1S/C9H18ClN5S/c1-6(2)15(7(3)4)16-13-8(10)12-9(11-5)14-16/h6-7H,1-5H3,(H,11,12,13,14). The van der Waals surface area contributed by atoms with E-state index in [1.54, 1.807) is 7.05 Å². The van der Waals surface area contributed by atoms with E-state index >= 15 is 0 Å². The minimum absolute atomic E-state index is 0.352. The molecule has 0 saturated carbocycles. The summed E-state index contributed by atoms with van der Waals surface area (Å²) in [5.74, 6) is 0.537. The van der Waals surface area contributed by atoms with Crippen molar-refractivity contribution in [2.75, 3.05) is 7.05 Å². The van der Waals surface area contributed by atoms with Crippen molar-refractivity contribution in [3.8, 4) is 0 Å². The van der Waals surface area contributed by atoms with Crippen LogP contribution in [0.2, 0.25) is 0 Å². The Bertz CT molecular complexity index is 340. The van der Waals surface area contributed by atoms with Gasteiger partial charge in [0, 0.05) is 19.1 Å². The quantitative estimate of drug-likeness (QED) is 0.791. The molecule has 1 N–H and O–H groups in total. The summed E-state index contributed by atoms with van der Waals surface area (Å²) in [6.45, 7) is 8.49. The van der Waals surface area contributed by atoms with Gasteiger partial charge in [0.05, 0.1) is 0 Å². The van der Waals surface area contributed by atoms with Crippen molar-refractivity contribution in [2.45, 2.75) is 39.8 Å². The first-order valence-corrected chi connectivity index (χ1v) is 6.65. The molecule has 5 nitrogen and oxygen atoms in total. The second-order valence-corrected chi connectivity index (χ2v) is 5.57. The first kappa shape index (κ1) is 13.6. The third-order valence-electron chi connectivity index (χ3n) is 1.96. The molecule has 0 fully saturated rings. The highest BCUT2D eigenvalue weighted by Gasteiger charge is 2.22. The Morgan fingerprint density at radius 3 is 2.31 bits per heavy atom. The molecule has 0 aromatic carbocycles. The van der Waals surface area contributed by atoms with Crippen molar-refractivity contribution >= 4 is 33.9 Å². The summed E-state index contributed by atoms with van der Waals surface area (Å²) in [4.78, 5) is 4.00. The fourth-order valence-electron chi connectivity index (χ4n) is 1.47. The lowest BCUT2D eigenvalue weighted by Crippen LogP contribution is -2.41. The van der Waals surface area contributed by atoms with E-state index in [1.807, 2.05) is 0 Å². The minimum atomic E-state index is -0.582. The molecular formula is C9H18ClN5S. The van der Waals surface area contributed by atoms with Gasteiger partial charge in [0.25, 0.3) is 0 Å². The molecule has 0 aromatic heterocycles. The normalized spacial score (nSPS) is 23.7. The number of amidine groups is 1. The summed E-state index contributed by atoms with van der Waals surface area (Å²) in [7, 11) is 1.68. The highest BCUT2D eigenvalue weighted by molar-refractivity contribution is 7.84. The van der Waals surface area contributed by atoms with E-state index in [2.05, 4.69) is 51.1 Å². The Hall–Kier alpha value is -0.460. The number of nitrogens with zero attached hydrogens (tertiary/aromatic N) is 4. The van der Waals surface area contributed by atoms with Crippen LogP contribution < -0.4 is 5.32 Å². The van der Waals surface area contributed by atoms with Crippen LogP contribution in [0.25, 0.3) is 0 Å². The monoisotopic (exact) mass is 263 g/mol. The maximum absolute atomic E-state index is 5.92. The molecule has 1 heterocycles.